The number of nitriles is 2. The first-order valence-electron chi connectivity index (χ1n) is 36.0. The van der Waals surface area contributed by atoms with Gasteiger partial charge in [-0.25, -0.2) is 4.79 Å². The number of ether oxygens (including phenoxy) is 8. The predicted octanol–water partition coefficient (Wildman–Crippen LogP) is 13.5. The number of nitrogens with zero attached hydrogens (tertiary/aromatic N) is 6. The van der Waals surface area contributed by atoms with Crippen LogP contribution in [0.3, 0.4) is 0 Å². The van der Waals surface area contributed by atoms with E-state index in [0.29, 0.717) is 75.0 Å². The van der Waals surface area contributed by atoms with Gasteiger partial charge in [-0.3, -0.25) is 24.4 Å². The van der Waals surface area contributed by atoms with Crippen LogP contribution >= 0.6 is 11.1 Å². The number of methoxy groups -OCH3 is 2. The number of hydrogen-bond donors (Lipinski definition) is 4. The Morgan fingerprint density at radius 3 is 1.30 bits per heavy atom. The molecule has 0 radical (unpaired) electrons. The number of para-hydroxylation sites is 1. The largest absolute Gasteiger partial charge is 0.493 e. The maximum atomic E-state index is 13.9. The third kappa shape index (κ3) is 16.1. The fourth-order valence-corrected chi connectivity index (χ4v) is 16.6. The molecule has 3 amide bonds. The van der Waals surface area contributed by atoms with Gasteiger partial charge in [0.2, 0.25) is 5.91 Å². The van der Waals surface area contributed by atoms with E-state index in [0.717, 1.165) is 101 Å². The number of nitrogens with two attached hydrogens (primary N) is 1. The maximum absolute atomic E-state index is 13.9. The van der Waals surface area contributed by atoms with Gasteiger partial charge in [-0.1, -0.05) is 126 Å². The molecular formula is C83H107ClN10O10Si. The van der Waals surface area contributed by atoms with Crippen LogP contribution in [-0.2, 0) is 30.5 Å². The summed E-state index contributed by atoms with van der Waals surface area (Å²) in [6.07, 6.45) is 12.9. The molecule has 105 heavy (non-hydrogen) atoms. The second kappa shape index (κ2) is 34.9. The number of anilines is 1. The third-order valence-corrected chi connectivity index (χ3v) is 20.9. The molecule has 11 atom stereocenters. The van der Waals surface area contributed by atoms with Crippen molar-refractivity contribution in [3.8, 4) is 58.1 Å². The van der Waals surface area contributed by atoms with Crippen LogP contribution in [-0.4, -0.2) is 162 Å². The average Bonchev–Trinajstić information content (AvgIpc) is 0.704. The van der Waals surface area contributed by atoms with E-state index in [2.05, 4.69) is 147 Å². The Kier molecular flexibility index (Phi) is 26.6. The minimum absolute atomic E-state index is 0.0324. The fraction of sp³-hybridized carbons (Fsp3) is 0.446. The Balaban J connectivity index is 0.000000236. The summed E-state index contributed by atoms with van der Waals surface area (Å²) >= 11 is 5.67. The monoisotopic (exact) mass is 1470 g/mol. The average molecular weight is 1470 g/mol. The molecule has 20 nitrogen and oxygen atoms in total. The lowest BCUT2D eigenvalue weighted by molar-refractivity contribution is -0.123. The second-order valence-electron chi connectivity index (χ2n) is 28.6. The molecule has 0 aromatic heterocycles. The molecule has 6 aliphatic rings. The van der Waals surface area contributed by atoms with Crippen LogP contribution in [0.2, 0.25) is 19.6 Å². The van der Waals surface area contributed by atoms with Gasteiger partial charge in [0.1, 0.15) is 88.1 Å². The molecule has 22 heteroatoms. The van der Waals surface area contributed by atoms with Crippen molar-refractivity contribution < 1.29 is 47.5 Å². The molecule has 5 aromatic rings. The van der Waals surface area contributed by atoms with E-state index in [1.165, 1.54) is 5.56 Å². The molecule has 5 N–H and O–H groups in total. The molecule has 2 saturated heterocycles. The lowest BCUT2D eigenvalue weighted by Crippen LogP contribution is -2.69. The van der Waals surface area contributed by atoms with E-state index in [-0.39, 0.29) is 80.6 Å². The second-order valence-corrected chi connectivity index (χ2v) is 36.1. The van der Waals surface area contributed by atoms with Gasteiger partial charge in [0, 0.05) is 76.3 Å². The summed E-state index contributed by atoms with van der Waals surface area (Å²) in [6, 6.07) is 14.8. The van der Waals surface area contributed by atoms with E-state index < -0.39 is 31.5 Å². The lowest BCUT2D eigenvalue weighted by atomic mass is 9.71. The first kappa shape index (κ1) is 80.1. The molecular weight excluding hydrogens is 1360 g/mol. The summed E-state index contributed by atoms with van der Waals surface area (Å²) in [4.78, 5) is 36.1. The first-order valence-corrected chi connectivity index (χ1v) is 40.5. The van der Waals surface area contributed by atoms with Crippen molar-refractivity contribution in [3.05, 3.63) is 196 Å². The lowest BCUT2D eigenvalue weighted by Gasteiger charge is -2.60. The summed E-state index contributed by atoms with van der Waals surface area (Å²) in [6.45, 7) is 45.9. The Morgan fingerprint density at radius 1 is 0.571 bits per heavy atom. The normalized spacial score (nSPS) is 22.0. The standard InChI is InChI=1S/C45H54N6O6.C35H44N4O4.C3H9ClSi/c1-10-18-55-41-27(5)28(6)42(56-19-11-2)38-32(41)23-34-39-37-30(21-26(4)40(54-9)43(37)57-20-12-3)22-33(50(39)8)35(24-46)51(34)36(38)25-47-44(52)29(7)48-45(53)49-31-16-14-13-15-17-31;1-9-12-41-33-21(5)22(6)34(42-13-10-2)30-24(33)17-26-31-29-23(15-20(4)32(40-8)35(29)43-14-11-3)16-25(38(31)7)27(18-36)39(26)28(30)19-37;1-5(2,3)4/h10-17,21,29,33-36,39H,1-3,18-20,22-23,25H2,4-9H3,(H,47,52)(H2,48,49,53);9-11,15,25-28,31H,1-3,12-14,16-17,19,37H2,4-8H3;1-3H3/t29-,33-,34-,35-,36-,39-;25-,26-,27-,28-,31-;/m00./s1. The van der Waals surface area contributed by atoms with Crippen LogP contribution in [0.5, 0.6) is 46.0 Å². The van der Waals surface area contributed by atoms with Crippen molar-refractivity contribution in [3.63, 3.8) is 0 Å². The summed E-state index contributed by atoms with van der Waals surface area (Å²) in [7, 11) is 6.41. The van der Waals surface area contributed by atoms with Crippen molar-refractivity contribution in [1.29, 1.82) is 10.5 Å². The van der Waals surface area contributed by atoms with Gasteiger partial charge < -0.3 is 59.6 Å². The smallest absolute Gasteiger partial charge is 0.319 e. The molecule has 0 spiro atoms. The Bertz CT molecular complexity index is 4180. The maximum Gasteiger partial charge on any atom is 0.319 e. The fourth-order valence-electron chi connectivity index (χ4n) is 16.6. The van der Waals surface area contributed by atoms with Crippen LogP contribution in [0, 0.1) is 64.2 Å². The van der Waals surface area contributed by atoms with Gasteiger partial charge in [-0.05, 0) is 145 Å². The number of hydrogen-bond acceptors (Lipinski definition) is 17. The van der Waals surface area contributed by atoms with Crippen molar-refractivity contribution in [2.24, 2.45) is 5.73 Å². The SMILES string of the molecule is C=CCOc1c(C)c(C)c(OCC=C)c2c1C[C@H]1[C@H]3c4c(cc(C)c(OC)c4OCC=C)C[C@@H]([C@H](C#N)N1[C@H]2CN)N3C.C=CCOc1c(C)c(C)c(OCC=C)c2c1C[C@H]1[C@H]3c4c(cc(C)c(OC)c4OCC=C)C[C@@H]([C@H](C#N)N1[C@H]2CNC(=O)[C@H](C)NC(=O)Nc1ccccc1)N3C.C[Si](C)(C)Cl. The van der Waals surface area contributed by atoms with Gasteiger partial charge >= 0.3 is 6.03 Å². The van der Waals surface area contributed by atoms with Gasteiger partial charge in [-0.2, -0.15) is 21.6 Å². The van der Waals surface area contributed by atoms with Crippen LogP contribution in [0.15, 0.2) is 118 Å². The first-order chi connectivity index (χ1) is 50.3. The van der Waals surface area contributed by atoms with Crippen LogP contribution in [0.4, 0.5) is 10.5 Å². The quantitative estimate of drug-likeness (QED) is 0.0229. The minimum atomic E-state index is -1.14. The molecule has 0 unspecified atom stereocenters. The van der Waals surface area contributed by atoms with E-state index in [1.54, 1.807) is 69.7 Å². The number of likely N-dealkylation sites (N-methyl/N-ethyl adjacent to an activating group) is 2. The van der Waals surface area contributed by atoms with E-state index in [1.807, 2.05) is 45.9 Å². The zero-order valence-electron chi connectivity index (χ0n) is 63.8. The number of aryl methyl sites for hydroxylation is 2. The number of nitrogens with one attached hydrogen (secondary N) is 3. The van der Waals surface area contributed by atoms with Gasteiger partial charge in [0.15, 0.2) is 23.0 Å². The van der Waals surface area contributed by atoms with Crippen molar-refractivity contribution in [1.82, 2.24) is 30.2 Å². The summed E-state index contributed by atoms with van der Waals surface area (Å²) in [5.74, 6) is 5.48. The van der Waals surface area contributed by atoms with E-state index >= 15 is 0 Å². The minimum Gasteiger partial charge on any atom is -0.493 e. The number of halogens is 1. The third-order valence-electron chi connectivity index (χ3n) is 20.9. The molecule has 11 rings (SSSR count). The number of urea groups is 1. The highest BCUT2D eigenvalue weighted by atomic mass is 35.6. The number of fused-ring (bicyclic) bond motifs is 14. The number of benzene rings is 5. The number of rotatable bonds is 26. The molecule has 4 bridgehead atoms. The number of carbonyl (C=O) groups is 2. The number of piperazine rings is 2. The summed E-state index contributed by atoms with van der Waals surface area (Å²) < 4.78 is 50.5. The molecule has 6 aliphatic heterocycles. The zero-order valence-corrected chi connectivity index (χ0v) is 65.6. The molecule has 5 aromatic carbocycles. The highest BCUT2D eigenvalue weighted by Crippen LogP contribution is 2.59. The summed E-state index contributed by atoms with van der Waals surface area (Å²) in [5, 5.41) is 30.6. The van der Waals surface area contributed by atoms with E-state index in [4.69, 9.17) is 54.7 Å². The Labute approximate surface area is 627 Å². The highest BCUT2D eigenvalue weighted by molar-refractivity contribution is 7.18. The Hall–Kier alpha value is -9.03. The van der Waals surface area contributed by atoms with Gasteiger partial charge in [0.05, 0.1) is 50.5 Å². The molecule has 0 saturated carbocycles. The van der Waals surface area contributed by atoms with Crippen LogP contribution in [0.1, 0.15) is 109 Å². The van der Waals surface area contributed by atoms with Gasteiger partial charge in [0.25, 0.3) is 0 Å². The Morgan fingerprint density at radius 2 is 0.933 bits per heavy atom. The van der Waals surface area contributed by atoms with Crippen molar-refractivity contribution >= 4 is 36.1 Å². The topological polar surface area (TPSA) is 231 Å². The van der Waals surface area contributed by atoms with Crippen molar-refractivity contribution in [2.45, 2.75) is 160 Å². The van der Waals surface area contributed by atoms with Crippen LogP contribution in [0.25, 0.3) is 0 Å². The predicted molar refractivity (Wildman–Crippen MR) is 420 cm³/mol. The van der Waals surface area contributed by atoms with E-state index in [9.17, 15) is 20.1 Å². The molecule has 2 fully saturated rings. The van der Waals surface area contributed by atoms with Gasteiger partial charge in [-0.15, -0.1) is 0 Å². The molecule has 560 valence electrons. The molecule has 6 heterocycles. The molecule has 0 aliphatic carbocycles. The zero-order chi connectivity index (χ0) is 76.5. The van der Waals surface area contributed by atoms with Crippen molar-refractivity contribution in [2.75, 3.05) is 86.4 Å². The number of carbonyl (C=O) groups excluding carboxylic acids is 2. The highest BCUT2D eigenvalue weighted by Gasteiger charge is 2.59. The van der Waals surface area contributed by atoms with Crippen LogP contribution < -0.4 is 59.6 Å². The summed E-state index contributed by atoms with van der Waals surface area (Å²) in [5.41, 5.74) is 21.4. The number of amides is 3.